The zero-order chi connectivity index (χ0) is 16.0. The molecule has 1 aromatic carbocycles. The molecule has 1 aromatic rings. The van der Waals surface area contributed by atoms with Crippen molar-refractivity contribution in [1.82, 2.24) is 10.2 Å². The third kappa shape index (κ3) is 4.67. The van der Waals surface area contributed by atoms with Gasteiger partial charge in [-0.25, -0.2) is 4.39 Å². The Labute approximate surface area is 133 Å². The average Bonchev–Trinajstić information content (AvgIpc) is 2.43. The first-order chi connectivity index (χ1) is 9.86. The Morgan fingerprint density at radius 3 is 2.38 bits per heavy atom. The van der Waals surface area contributed by atoms with Crippen LogP contribution in [-0.2, 0) is 6.42 Å². The van der Waals surface area contributed by atoms with Crippen LogP contribution in [0.4, 0.5) is 4.39 Å². The van der Waals surface area contributed by atoms with Crippen LogP contribution in [0, 0.1) is 5.82 Å². The number of nitrogens with zero attached hydrogens (tertiary/aromatic N) is 1. The zero-order valence-electron chi connectivity index (χ0n) is 13.8. The standard InChI is InChI=1S/C17H28ClFN2/c1-6-20-16(17(4,5)21(7-2)8-3)12-13-11-14(18)9-10-15(13)19/h9-11,16,20H,6-8,12H2,1-5H3. The van der Waals surface area contributed by atoms with Crippen molar-refractivity contribution in [2.75, 3.05) is 19.6 Å². The molecule has 0 fully saturated rings. The fraction of sp³-hybridized carbons (Fsp3) is 0.647. The lowest BCUT2D eigenvalue weighted by atomic mass is 9.87. The Morgan fingerprint density at radius 2 is 1.86 bits per heavy atom. The number of likely N-dealkylation sites (N-methyl/N-ethyl adjacent to an activating group) is 2. The third-order valence-corrected chi connectivity index (χ3v) is 4.55. The minimum atomic E-state index is -0.183. The van der Waals surface area contributed by atoms with Crippen molar-refractivity contribution in [1.29, 1.82) is 0 Å². The SMILES string of the molecule is CCNC(Cc1cc(Cl)ccc1F)C(C)(C)N(CC)CC. The third-order valence-electron chi connectivity index (χ3n) is 4.31. The molecule has 1 atom stereocenters. The molecular weight excluding hydrogens is 287 g/mol. The van der Waals surface area contributed by atoms with Gasteiger partial charge in [0.1, 0.15) is 5.82 Å². The topological polar surface area (TPSA) is 15.3 Å². The fourth-order valence-electron chi connectivity index (χ4n) is 3.00. The second-order valence-electron chi connectivity index (χ2n) is 5.88. The number of halogens is 2. The smallest absolute Gasteiger partial charge is 0.126 e. The summed E-state index contributed by atoms with van der Waals surface area (Å²) in [4.78, 5) is 2.41. The molecule has 0 aliphatic heterocycles. The second-order valence-corrected chi connectivity index (χ2v) is 6.31. The van der Waals surface area contributed by atoms with Gasteiger partial charge in [-0.3, -0.25) is 4.90 Å². The predicted molar refractivity (Wildman–Crippen MR) is 89.6 cm³/mol. The van der Waals surface area contributed by atoms with E-state index in [4.69, 9.17) is 11.6 Å². The van der Waals surface area contributed by atoms with Crippen molar-refractivity contribution in [2.45, 2.75) is 52.6 Å². The van der Waals surface area contributed by atoms with Gasteiger partial charge in [0, 0.05) is 16.6 Å². The predicted octanol–water partition coefficient (Wildman–Crippen LogP) is 4.12. The van der Waals surface area contributed by atoms with Gasteiger partial charge in [0.25, 0.3) is 0 Å². The molecule has 120 valence electrons. The molecule has 0 heterocycles. The van der Waals surface area contributed by atoms with E-state index in [1.165, 1.54) is 6.07 Å². The van der Waals surface area contributed by atoms with Gasteiger partial charge < -0.3 is 5.32 Å². The number of hydrogen-bond acceptors (Lipinski definition) is 2. The number of nitrogens with one attached hydrogen (secondary N) is 1. The van der Waals surface area contributed by atoms with Crippen LogP contribution in [0.15, 0.2) is 18.2 Å². The van der Waals surface area contributed by atoms with Crippen LogP contribution in [0.1, 0.15) is 40.2 Å². The van der Waals surface area contributed by atoms with Crippen LogP contribution in [0.25, 0.3) is 0 Å². The maximum Gasteiger partial charge on any atom is 0.126 e. The molecule has 0 radical (unpaired) electrons. The summed E-state index contributed by atoms with van der Waals surface area (Å²) < 4.78 is 14.0. The normalized spacial score (nSPS) is 13.7. The number of hydrogen-bond donors (Lipinski definition) is 1. The Morgan fingerprint density at radius 1 is 1.24 bits per heavy atom. The summed E-state index contributed by atoms with van der Waals surface area (Å²) in [5, 5.41) is 4.10. The molecular formula is C17H28ClFN2. The number of rotatable bonds is 8. The molecule has 4 heteroatoms. The minimum absolute atomic E-state index is 0.0612. The van der Waals surface area contributed by atoms with Gasteiger partial charge in [0.2, 0.25) is 0 Å². The van der Waals surface area contributed by atoms with Crippen molar-refractivity contribution in [3.05, 3.63) is 34.6 Å². The van der Waals surface area contributed by atoms with E-state index in [9.17, 15) is 4.39 Å². The molecule has 21 heavy (non-hydrogen) atoms. The van der Waals surface area contributed by atoms with Gasteiger partial charge in [0.05, 0.1) is 0 Å². The Bertz CT molecular complexity index is 444. The minimum Gasteiger partial charge on any atom is -0.312 e. The Balaban J connectivity index is 3.03. The van der Waals surface area contributed by atoms with Gasteiger partial charge in [-0.2, -0.15) is 0 Å². The largest absolute Gasteiger partial charge is 0.312 e. The van der Waals surface area contributed by atoms with E-state index < -0.39 is 0 Å². The summed E-state index contributed by atoms with van der Waals surface area (Å²) in [6.07, 6.45) is 0.629. The molecule has 0 amide bonds. The van der Waals surface area contributed by atoms with Crippen molar-refractivity contribution < 1.29 is 4.39 Å². The molecule has 2 nitrogen and oxygen atoms in total. The first-order valence-corrected chi connectivity index (χ1v) is 8.16. The van der Waals surface area contributed by atoms with Crippen LogP contribution >= 0.6 is 11.6 Å². The Hall–Kier alpha value is -0.640. The fourth-order valence-corrected chi connectivity index (χ4v) is 3.19. The number of benzene rings is 1. The molecule has 0 aromatic heterocycles. The summed E-state index contributed by atoms with van der Waals surface area (Å²) in [6, 6.07) is 4.94. The molecule has 0 saturated carbocycles. The van der Waals surface area contributed by atoms with E-state index in [-0.39, 0.29) is 17.4 Å². The summed E-state index contributed by atoms with van der Waals surface area (Å²) in [5.74, 6) is -0.183. The molecule has 0 saturated heterocycles. The highest BCUT2D eigenvalue weighted by molar-refractivity contribution is 6.30. The van der Waals surface area contributed by atoms with Gasteiger partial charge in [-0.1, -0.05) is 32.4 Å². The van der Waals surface area contributed by atoms with E-state index in [0.717, 1.165) is 19.6 Å². The molecule has 0 aliphatic rings. The van der Waals surface area contributed by atoms with Gasteiger partial charge >= 0.3 is 0 Å². The summed E-state index contributed by atoms with van der Waals surface area (Å²) in [5.41, 5.74) is 0.613. The molecule has 1 unspecified atom stereocenters. The van der Waals surface area contributed by atoms with E-state index >= 15 is 0 Å². The zero-order valence-corrected chi connectivity index (χ0v) is 14.6. The highest BCUT2D eigenvalue weighted by atomic mass is 35.5. The van der Waals surface area contributed by atoms with Gasteiger partial charge in [-0.15, -0.1) is 0 Å². The maximum absolute atomic E-state index is 14.0. The van der Waals surface area contributed by atoms with Crippen molar-refractivity contribution in [3.63, 3.8) is 0 Å². The lowest BCUT2D eigenvalue weighted by Gasteiger charge is -2.44. The summed E-state index contributed by atoms with van der Waals surface area (Å²) >= 11 is 6.01. The molecule has 0 spiro atoms. The van der Waals surface area contributed by atoms with Gasteiger partial charge in [0.15, 0.2) is 0 Å². The van der Waals surface area contributed by atoms with E-state index in [1.807, 2.05) is 0 Å². The van der Waals surface area contributed by atoms with Crippen LogP contribution in [0.5, 0.6) is 0 Å². The summed E-state index contributed by atoms with van der Waals surface area (Å²) in [6.45, 7) is 13.7. The highest BCUT2D eigenvalue weighted by Gasteiger charge is 2.33. The maximum atomic E-state index is 14.0. The van der Waals surface area contributed by atoms with E-state index in [0.29, 0.717) is 17.0 Å². The van der Waals surface area contributed by atoms with Crippen LogP contribution in [0.2, 0.25) is 5.02 Å². The van der Waals surface area contributed by atoms with Crippen LogP contribution in [0.3, 0.4) is 0 Å². The van der Waals surface area contributed by atoms with Gasteiger partial charge in [-0.05, 0) is 63.7 Å². The molecule has 1 N–H and O–H groups in total. The van der Waals surface area contributed by atoms with E-state index in [1.54, 1.807) is 12.1 Å². The van der Waals surface area contributed by atoms with Crippen molar-refractivity contribution >= 4 is 11.6 Å². The second kappa shape index (κ2) is 8.11. The first-order valence-electron chi connectivity index (χ1n) is 7.79. The van der Waals surface area contributed by atoms with Crippen LogP contribution in [-0.4, -0.2) is 36.1 Å². The molecule has 1 rings (SSSR count). The average molecular weight is 315 g/mol. The lowest BCUT2D eigenvalue weighted by Crippen LogP contribution is -2.58. The Kier molecular flexibility index (Phi) is 7.11. The quantitative estimate of drug-likeness (QED) is 0.776. The first kappa shape index (κ1) is 18.4. The highest BCUT2D eigenvalue weighted by Crippen LogP contribution is 2.24. The monoisotopic (exact) mass is 314 g/mol. The summed E-state index contributed by atoms with van der Waals surface area (Å²) in [7, 11) is 0. The lowest BCUT2D eigenvalue weighted by molar-refractivity contribution is 0.0915. The molecule has 0 aliphatic carbocycles. The van der Waals surface area contributed by atoms with Crippen molar-refractivity contribution in [3.8, 4) is 0 Å². The molecule has 0 bridgehead atoms. The van der Waals surface area contributed by atoms with Crippen molar-refractivity contribution in [2.24, 2.45) is 0 Å². The van der Waals surface area contributed by atoms with Crippen LogP contribution < -0.4 is 5.32 Å². The van der Waals surface area contributed by atoms with E-state index in [2.05, 4.69) is 44.8 Å².